The van der Waals surface area contributed by atoms with Crippen LogP contribution in [0.3, 0.4) is 0 Å². The van der Waals surface area contributed by atoms with Gasteiger partial charge >= 0.3 is 0 Å². The van der Waals surface area contributed by atoms with E-state index in [9.17, 15) is 4.79 Å². The van der Waals surface area contributed by atoms with Gasteiger partial charge in [0.1, 0.15) is 23.3 Å². The number of nitrogens with zero attached hydrogens (tertiary/aromatic N) is 2. The Kier molecular flexibility index (Phi) is 7.70. The summed E-state index contributed by atoms with van der Waals surface area (Å²) in [5, 5.41) is 6.98. The first kappa shape index (κ1) is 25.5. The van der Waals surface area contributed by atoms with Gasteiger partial charge in [0.2, 0.25) is 5.91 Å². The Morgan fingerprint density at radius 2 is 1.87 bits per heavy atom. The van der Waals surface area contributed by atoms with E-state index in [0.29, 0.717) is 18.3 Å². The molecule has 1 aliphatic rings. The molecule has 0 radical (unpaired) electrons. The van der Waals surface area contributed by atoms with Gasteiger partial charge in [-0.2, -0.15) is 0 Å². The van der Waals surface area contributed by atoms with E-state index in [4.69, 9.17) is 21.4 Å². The molecule has 0 saturated carbocycles. The highest BCUT2D eigenvalue weighted by Crippen LogP contribution is 2.40. The summed E-state index contributed by atoms with van der Waals surface area (Å²) in [4.78, 5) is 19.4. The summed E-state index contributed by atoms with van der Waals surface area (Å²) in [5.74, 6) is 2.24. The number of anilines is 1. The summed E-state index contributed by atoms with van der Waals surface area (Å²) in [5.41, 5.74) is 3.63. The molecule has 1 fully saturated rings. The largest absolute Gasteiger partial charge is 0.494 e. The summed E-state index contributed by atoms with van der Waals surface area (Å²) >= 11 is 5.74. The van der Waals surface area contributed by atoms with Crippen molar-refractivity contribution in [1.29, 1.82) is 0 Å². The van der Waals surface area contributed by atoms with Crippen molar-refractivity contribution in [1.82, 2.24) is 15.2 Å². The molecule has 1 saturated heterocycles. The summed E-state index contributed by atoms with van der Waals surface area (Å²) in [6.07, 6.45) is 2.04. The van der Waals surface area contributed by atoms with Crippen molar-refractivity contribution in [2.45, 2.75) is 32.4 Å². The number of furan rings is 1. The number of carbonyl (C=O) groups is 1. The fourth-order valence-corrected chi connectivity index (χ4v) is 4.98. The van der Waals surface area contributed by atoms with E-state index in [-0.39, 0.29) is 24.4 Å². The van der Waals surface area contributed by atoms with Gasteiger partial charge in [-0.15, -0.1) is 0 Å². The molecule has 2 aromatic carbocycles. The molecule has 5 rings (SSSR count). The van der Waals surface area contributed by atoms with Crippen LogP contribution in [0.1, 0.15) is 42.4 Å². The van der Waals surface area contributed by atoms with Crippen LogP contribution in [0.2, 0.25) is 0 Å². The normalized spacial score (nSPS) is 16.8. The Balaban J connectivity index is 1.38. The summed E-state index contributed by atoms with van der Waals surface area (Å²) in [7, 11) is 0. The highest BCUT2D eigenvalue weighted by molar-refractivity contribution is 7.80. The lowest BCUT2D eigenvalue weighted by atomic mass is 10.0. The van der Waals surface area contributed by atoms with Crippen LogP contribution >= 0.6 is 12.2 Å². The minimum Gasteiger partial charge on any atom is -0.494 e. The lowest BCUT2D eigenvalue weighted by Gasteiger charge is -2.26. The average Bonchev–Trinajstić information content (AvgIpc) is 3.54. The fraction of sp³-hybridized carbons (Fsp3) is 0.233. The fourth-order valence-electron chi connectivity index (χ4n) is 4.65. The number of thiocarbonyl (C=S) groups is 1. The zero-order chi connectivity index (χ0) is 26.5. The molecule has 4 aromatic rings. The molecule has 0 bridgehead atoms. The SMILES string of the molecule is CCOc1ccc(-c2ccc([C@@H]3[C@@H](c4ccccn4)NC(=S)N3CCC(=O)Nc3ccccc3C)o2)cc1. The summed E-state index contributed by atoms with van der Waals surface area (Å²) < 4.78 is 12.0. The van der Waals surface area contributed by atoms with Gasteiger partial charge in [0.25, 0.3) is 0 Å². The number of para-hydroxylation sites is 1. The topological polar surface area (TPSA) is 79.6 Å². The third-order valence-corrected chi connectivity index (χ3v) is 6.92. The highest BCUT2D eigenvalue weighted by Gasteiger charge is 2.41. The maximum Gasteiger partial charge on any atom is 0.226 e. The number of nitrogens with one attached hydrogen (secondary N) is 2. The second-order valence-electron chi connectivity index (χ2n) is 9.09. The van der Waals surface area contributed by atoms with Crippen molar-refractivity contribution in [3.8, 4) is 17.1 Å². The number of aryl methyl sites for hydroxylation is 1. The third-order valence-electron chi connectivity index (χ3n) is 6.56. The van der Waals surface area contributed by atoms with E-state index in [2.05, 4.69) is 15.6 Å². The van der Waals surface area contributed by atoms with Gasteiger partial charge in [0.15, 0.2) is 5.11 Å². The number of hydrogen-bond acceptors (Lipinski definition) is 5. The highest BCUT2D eigenvalue weighted by atomic mass is 32.1. The van der Waals surface area contributed by atoms with Gasteiger partial charge in [-0.3, -0.25) is 9.78 Å². The lowest BCUT2D eigenvalue weighted by molar-refractivity contribution is -0.116. The number of pyridine rings is 1. The average molecular weight is 527 g/mol. The maximum absolute atomic E-state index is 12.8. The Morgan fingerprint density at radius 3 is 2.61 bits per heavy atom. The number of rotatable bonds is 9. The van der Waals surface area contributed by atoms with Crippen LogP contribution in [-0.2, 0) is 4.79 Å². The monoisotopic (exact) mass is 526 g/mol. The van der Waals surface area contributed by atoms with E-state index in [1.807, 2.05) is 97.6 Å². The van der Waals surface area contributed by atoms with Crippen LogP contribution < -0.4 is 15.4 Å². The van der Waals surface area contributed by atoms with Crippen LogP contribution in [0.15, 0.2) is 89.5 Å². The maximum atomic E-state index is 12.8. The molecule has 1 amide bonds. The van der Waals surface area contributed by atoms with Gasteiger partial charge in [-0.25, -0.2) is 0 Å². The molecular weight excluding hydrogens is 496 g/mol. The van der Waals surface area contributed by atoms with Gasteiger partial charge in [0, 0.05) is 30.4 Å². The number of ether oxygens (including phenoxy) is 1. The second kappa shape index (κ2) is 11.5. The standard InChI is InChI=1S/C30H30N4O3S/c1-3-36-22-13-11-21(12-14-22)25-15-16-26(37-25)29-28(24-10-6-7-18-31-24)33-30(38)34(29)19-17-27(35)32-23-9-5-4-8-20(23)2/h4-16,18,28-29H,3,17,19H2,1-2H3,(H,32,35)(H,33,38)/t28-,29-/m1/s1. The Morgan fingerprint density at radius 1 is 1.08 bits per heavy atom. The van der Waals surface area contributed by atoms with E-state index in [0.717, 1.165) is 39.8 Å². The zero-order valence-corrected chi connectivity index (χ0v) is 22.2. The molecule has 3 heterocycles. The Bertz CT molecular complexity index is 1400. The molecule has 194 valence electrons. The predicted octanol–water partition coefficient (Wildman–Crippen LogP) is 6.05. The molecule has 8 heteroatoms. The van der Waals surface area contributed by atoms with Gasteiger partial charge < -0.3 is 24.7 Å². The van der Waals surface area contributed by atoms with Crippen molar-refractivity contribution >= 4 is 28.9 Å². The molecular formula is C30H30N4O3S. The van der Waals surface area contributed by atoms with Crippen molar-refractivity contribution in [3.05, 3.63) is 102 Å². The van der Waals surface area contributed by atoms with E-state index in [1.54, 1.807) is 6.20 Å². The molecule has 1 aliphatic heterocycles. The molecule has 0 aliphatic carbocycles. The molecule has 0 unspecified atom stereocenters. The number of carbonyl (C=O) groups excluding carboxylic acids is 1. The quantitative estimate of drug-likeness (QED) is 0.257. The van der Waals surface area contributed by atoms with Crippen molar-refractivity contribution in [3.63, 3.8) is 0 Å². The van der Waals surface area contributed by atoms with Gasteiger partial charge in [-0.1, -0.05) is 24.3 Å². The van der Waals surface area contributed by atoms with Crippen LogP contribution in [0, 0.1) is 6.92 Å². The molecule has 38 heavy (non-hydrogen) atoms. The predicted molar refractivity (Wildman–Crippen MR) is 152 cm³/mol. The number of hydrogen-bond donors (Lipinski definition) is 2. The van der Waals surface area contributed by atoms with Gasteiger partial charge in [0.05, 0.1) is 18.3 Å². The van der Waals surface area contributed by atoms with Crippen LogP contribution in [-0.4, -0.2) is 34.1 Å². The van der Waals surface area contributed by atoms with E-state index < -0.39 is 0 Å². The number of benzene rings is 2. The van der Waals surface area contributed by atoms with Crippen LogP contribution in [0.25, 0.3) is 11.3 Å². The minimum absolute atomic E-state index is 0.0725. The zero-order valence-electron chi connectivity index (χ0n) is 21.4. The second-order valence-corrected chi connectivity index (χ2v) is 9.48. The minimum atomic E-state index is -0.264. The molecule has 2 N–H and O–H groups in total. The Hall–Kier alpha value is -4.17. The van der Waals surface area contributed by atoms with Gasteiger partial charge in [-0.05, 0) is 86.2 Å². The first-order chi connectivity index (χ1) is 18.5. The summed E-state index contributed by atoms with van der Waals surface area (Å²) in [6.45, 7) is 4.98. The molecule has 2 atom stereocenters. The summed E-state index contributed by atoms with van der Waals surface area (Å²) in [6, 6.07) is 24.8. The first-order valence-electron chi connectivity index (χ1n) is 12.7. The number of amides is 1. The first-order valence-corrected chi connectivity index (χ1v) is 13.1. The molecule has 7 nitrogen and oxygen atoms in total. The lowest BCUT2D eigenvalue weighted by Crippen LogP contribution is -2.32. The van der Waals surface area contributed by atoms with E-state index >= 15 is 0 Å². The van der Waals surface area contributed by atoms with Crippen molar-refractivity contribution in [2.75, 3.05) is 18.5 Å². The van der Waals surface area contributed by atoms with Crippen molar-refractivity contribution < 1.29 is 13.9 Å². The molecule has 2 aromatic heterocycles. The van der Waals surface area contributed by atoms with E-state index in [1.165, 1.54) is 0 Å². The van der Waals surface area contributed by atoms with Crippen molar-refractivity contribution in [2.24, 2.45) is 0 Å². The Labute approximate surface area is 227 Å². The molecule has 0 spiro atoms. The van der Waals surface area contributed by atoms with Crippen LogP contribution in [0.5, 0.6) is 5.75 Å². The third kappa shape index (κ3) is 5.55. The smallest absolute Gasteiger partial charge is 0.226 e. The van der Waals surface area contributed by atoms with Crippen LogP contribution in [0.4, 0.5) is 5.69 Å². The number of aromatic nitrogens is 1.